The predicted molar refractivity (Wildman–Crippen MR) is 64.9 cm³/mol. The third-order valence-electron chi connectivity index (χ3n) is 2.14. The standard InChI is InChI=1S/C13H26O2/c1-4-6-7-8-9-10-11-12-15-13(3)14-5-2/h7-8,13H,4-6,9-12H2,1-3H3/b8-7+. The van der Waals surface area contributed by atoms with Crippen LogP contribution in [0.15, 0.2) is 12.2 Å². The maximum atomic E-state index is 5.46. The first-order valence-electron chi connectivity index (χ1n) is 6.19. The van der Waals surface area contributed by atoms with Gasteiger partial charge in [-0.1, -0.05) is 25.5 Å². The van der Waals surface area contributed by atoms with Crippen molar-refractivity contribution in [2.24, 2.45) is 0 Å². The average molecular weight is 214 g/mol. The fourth-order valence-electron chi connectivity index (χ4n) is 1.30. The minimum atomic E-state index is -0.0503. The Morgan fingerprint density at radius 2 is 1.73 bits per heavy atom. The van der Waals surface area contributed by atoms with Gasteiger partial charge in [-0.25, -0.2) is 0 Å². The van der Waals surface area contributed by atoms with Gasteiger partial charge in [0.1, 0.15) is 0 Å². The van der Waals surface area contributed by atoms with E-state index in [2.05, 4.69) is 19.1 Å². The van der Waals surface area contributed by atoms with Crippen LogP contribution >= 0.6 is 0 Å². The highest BCUT2D eigenvalue weighted by Gasteiger charge is 1.98. The fraction of sp³-hybridized carbons (Fsp3) is 0.846. The topological polar surface area (TPSA) is 18.5 Å². The van der Waals surface area contributed by atoms with Gasteiger partial charge in [0.05, 0.1) is 0 Å². The summed E-state index contributed by atoms with van der Waals surface area (Å²) >= 11 is 0. The lowest BCUT2D eigenvalue weighted by molar-refractivity contribution is -0.127. The lowest BCUT2D eigenvalue weighted by Gasteiger charge is -2.11. The van der Waals surface area contributed by atoms with Crippen molar-refractivity contribution in [3.63, 3.8) is 0 Å². The van der Waals surface area contributed by atoms with Crippen LogP contribution in [0.4, 0.5) is 0 Å². The fourth-order valence-corrected chi connectivity index (χ4v) is 1.30. The normalized spacial score (nSPS) is 13.5. The summed E-state index contributed by atoms with van der Waals surface area (Å²) in [5, 5.41) is 0. The molecule has 0 radical (unpaired) electrons. The molecule has 0 aliphatic heterocycles. The Hall–Kier alpha value is -0.340. The molecule has 2 nitrogen and oxygen atoms in total. The minimum Gasteiger partial charge on any atom is -0.353 e. The Bertz CT molecular complexity index is 143. The molecule has 0 heterocycles. The zero-order valence-corrected chi connectivity index (χ0v) is 10.5. The number of allylic oxidation sites excluding steroid dienone is 2. The van der Waals surface area contributed by atoms with Gasteiger partial charge in [-0.15, -0.1) is 0 Å². The SMILES string of the molecule is CCC/C=C/CCCCOC(C)OCC. The summed E-state index contributed by atoms with van der Waals surface area (Å²) in [4.78, 5) is 0. The van der Waals surface area contributed by atoms with Crippen LogP contribution < -0.4 is 0 Å². The summed E-state index contributed by atoms with van der Waals surface area (Å²) in [5.74, 6) is 0. The second kappa shape index (κ2) is 11.7. The van der Waals surface area contributed by atoms with Crippen LogP contribution in [0.3, 0.4) is 0 Å². The first kappa shape index (κ1) is 14.7. The lowest BCUT2D eigenvalue weighted by Crippen LogP contribution is -2.13. The molecule has 0 saturated heterocycles. The molecule has 0 aromatic rings. The van der Waals surface area contributed by atoms with Gasteiger partial charge in [-0.2, -0.15) is 0 Å². The van der Waals surface area contributed by atoms with Crippen LogP contribution in [-0.4, -0.2) is 19.5 Å². The van der Waals surface area contributed by atoms with E-state index in [0.29, 0.717) is 0 Å². The molecule has 0 aliphatic rings. The van der Waals surface area contributed by atoms with E-state index in [-0.39, 0.29) is 6.29 Å². The van der Waals surface area contributed by atoms with E-state index in [1.165, 1.54) is 25.7 Å². The van der Waals surface area contributed by atoms with Gasteiger partial charge >= 0.3 is 0 Å². The molecule has 0 aromatic carbocycles. The van der Waals surface area contributed by atoms with Gasteiger partial charge in [0.15, 0.2) is 6.29 Å². The molecular formula is C13H26O2. The molecule has 15 heavy (non-hydrogen) atoms. The van der Waals surface area contributed by atoms with Gasteiger partial charge in [-0.05, 0) is 39.5 Å². The van der Waals surface area contributed by atoms with Gasteiger partial charge < -0.3 is 9.47 Å². The van der Waals surface area contributed by atoms with E-state index in [4.69, 9.17) is 9.47 Å². The third kappa shape index (κ3) is 11.6. The molecular weight excluding hydrogens is 188 g/mol. The summed E-state index contributed by atoms with van der Waals surface area (Å²) in [6.45, 7) is 7.67. The monoisotopic (exact) mass is 214 g/mol. The van der Waals surface area contributed by atoms with Crippen molar-refractivity contribution < 1.29 is 9.47 Å². The largest absolute Gasteiger partial charge is 0.353 e. The maximum Gasteiger partial charge on any atom is 0.154 e. The predicted octanol–water partition coefficient (Wildman–Crippen LogP) is 3.91. The highest BCUT2D eigenvalue weighted by Crippen LogP contribution is 2.01. The van der Waals surface area contributed by atoms with E-state index in [1.54, 1.807) is 0 Å². The van der Waals surface area contributed by atoms with E-state index in [9.17, 15) is 0 Å². The minimum absolute atomic E-state index is 0.0503. The summed E-state index contributed by atoms with van der Waals surface area (Å²) in [6, 6.07) is 0. The molecule has 1 unspecified atom stereocenters. The number of hydrogen-bond acceptors (Lipinski definition) is 2. The van der Waals surface area contributed by atoms with Crippen molar-refractivity contribution in [2.45, 2.75) is 59.2 Å². The molecule has 90 valence electrons. The van der Waals surface area contributed by atoms with E-state index < -0.39 is 0 Å². The second-order valence-corrected chi connectivity index (χ2v) is 3.65. The highest BCUT2D eigenvalue weighted by molar-refractivity contribution is 4.80. The Morgan fingerprint density at radius 3 is 2.40 bits per heavy atom. The maximum absolute atomic E-state index is 5.46. The first-order chi connectivity index (χ1) is 7.31. The number of ether oxygens (including phenoxy) is 2. The first-order valence-corrected chi connectivity index (χ1v) is 6.19. The zero-order valence-electron chi connectivity index (χ0n) is 10.5. The van der Waals surface area contributed by atoms with Gasteiger partial charge in [0, 0.05) is 13.2 Å². The molecule has 0 spiro atoms. The van der Waals surface area contributed by atoms with Crippen molar-refractivity contribution in [1.82, 2.24) is 0 Å². The average Bonchev–Trinajstić information content (AvgIpc) is 2.22. The lowest BCUT2D eigenvalue weighted by atomic mass is 10.2. The summed E-state index contributed by atoms with van der Waals surface area (Å²) in [5.41, 5.74) is 0. The van der Waals surface area contributed by atoms with Crippen LogP contribution in [0.1, 0.15) is 52.9 Å². The Morgan fingerprint density at radius 1 is 1.00 bits per heavy atom. The number of hydrogen-bond donors (Lipinski definition) is 0. The van der Waals surface area contributed by atoms with Crippen molar-refractivity contribution in [1.29, 1.82) is 0 Å². The smallest absolute Gasteiger partial charge is 0.154 e. The Kier molecular flexibility index (Phi) is 11.5. The van der Waals surface area contributed by atoms with Crippen LogP contribution in [0.25, 0.3) is 0 Å². The molecule has 2 heteroatoms. The van der Waals surface area contributed by atoms with E-state index in [0.717, 1.165) is 19.6 Å². The molecule has 0 N–H and O–H groups in total. The zero-order chi connectivity index (χ0) is 11.4. The van der Waals surface area contributed by atoms with E-state index >= 15 is 0 Å². The van der Waals surface area contributed by atoms with Crippen molar-refractivity contribution in [3.8, 4) is 0 Å². The van der Waals surface area contributed by atoms with Crippen molar-refractivity contribution >= 4 is 0 Å². The van der Waals surface area contributed by atoms with Crippen molar-refractivity contribution in [2.75, 3.05) is 13.2 Å². The Balaban J connectivity index is 3.10. The van der Waals surface area contributed by atoms with Gasteiger partial charge in [-0.3, -0.25) is 0 Å². The number of rotatable bonds is 10. The summed E-state index contributed by atoms with van der Waals surface area (Å²) in [7, 11) is 0. The molecule has 0 rings (SSSR count). The molecule has 0 bridgehead atoms. The van der Waals surface area contributed by atoms with Crippen molar-refractivity contribution in [3.05, 3.63) is 12.2 Å². The molecule has 0 aromatic heterocycles. The molecule has 0 fully saturated rings. The molecule has 0 saturated carbocycles. The molecule has 1 atom stereocenters. The molecule has 0 aliphatic carbocycles. The molecule has 0 amide bonds. The van der Waals surface area contributed by atoms with Gasteiger partial charge in [0.25, 0.3) is 0 Å². The second-order valence-electron chi connectivity index (χ2n) is 3.65. The van der Waals surface area contributed by atoms with E-state index in [1.807, 2.05) is 13.8 Å². The summed E-state index contributed by atoms with van der Waals surface area (Å²) in [6.07, 6.45) is 10.4. The highest BCUT2D eigenvalue weighted by atomic mass is 16.7. The third-order valence-corrected chi connectivity index (χ3v) is 2.14. The Labute approximate surface area is 94.7 Å². The quantitative estimate of drug-likeness (QED) is 0.312. The number of unbranched alkanes of at least 4 members (excludes halogenated alkanes) is 3. The summed E-state index contributed by atoms with van der Waals surface area (Å²) < 4.78 is 10.7. The van der Waals surface area contributed by atoms with Gasteiger partial charge in [0.2, 0.25) is 0 Å². The van der Waals surface area contributed by atoms with Crippen LogP contribution in [0.5, 0.6) is 0 Å². The van der Waals surface area contributed by atoms with Crippen LogP contribution in [-0.2, 0) is 9.47 Å². The van der Waals surface area contributed by atoms with Crippen LogP contribution in [0, 0.1) is 0 Å². The van der Waals surface area contributed by atoms with Crippen LogP contribution in [0.2, 0.25) is 0 Å².